The van der Waals surface area contributed by atoms with Crippen LogP contribution in [0, 0.1) is 5.92 Å². The van der Waals surface area contributed by atoms with Crippen molar-refractivity contribution in [2.24, 2.45) is 5.92 Å². The molecule has 0 unspecified atom stereocenters. The Hall–Kier alpha value is -0.940. The number of hydrogen-bond acceptors (Lipinski definition) is 4. The SMILES string of the molecule is CCCCCN1CCC(Cn2cc(CN(C)C)nn2)CC1. The van der Waals surface area contributed by atoms with E-state index in [-0.39, 0.29) is 0 Å². The van der Waals surface area contributed by atoms with E-state index in [0.29, 0.717) is 0 Å². The van der Waals surface area contributed by atoms with Gasteiger partial charge in [0, 0.05) is 19.3 Å². The molecule has 1 aromatic rings. The van der Waals surface area contributed by atoms with Crippen LogP contribution < -0.4 is 0 Å². The molecule has 0 bridgehead atoms. The Balaban J connectivity index is 1.69. The van der Waals surface area contributed by atoms with Gasteiger partial charge in [-0.1, -0.05) is 25.0 Å². The minimum Gasteiger partial charge on any atom is -0.303 e. The van der Waals surface area contributed by atoms with Crippen LogP contribution in [-0.2, 0) is 13.1 Å². The van der Waals surface area contributed by atoms with Crippen LogP contribution in [0.3, 0.4) is 0 Å². The Morgan fingerprint density at radius 3 is 2.67 bits per heavy atom. The number of hydrogen-bond donors (Lipinski definition) is 0. The molecule has 1 aliphatic rings. The van der Waals surface area contributed by atoms with Gasteiger partial charge in [-0.3, -0.25) is 4.68 Å². The highest BCUT2D eigenvalue weighted by molar-refractivity contribution is 4.91. The van der Waals surface area contributed by atoms with Crippen LogP contribution in [0.25, 0.3) is 0 Å². The molecule has 1 aromatic heterocycles. The van der Waals surface area contributed by atoms with Gasteiger partial charge in [-0.2, -0.15) is 0 Å². The Kier molecular flexibility index (Phi) is 6.64. The molecule has 0 radical (unpaired) electrons. The summed E-state index contributed by atoms with van der Waals surface area (Å²) in [6, 6.07) is 0. The first kappa shape index (κ1) is 16.4. The molecule has 5 heteroatoms. The highest BCUT2D eigenvalue weighted by Crippen LogP contribution is 2.19. The number of unbranched alkanes of at least 4 members (excludes halogenated alkanes) is 2. The number of nitrogens with zero attached hydrogens (tertiary/aromatic N) is 5. The van der Waals surface area contributed by atoms with E-state index in [0.717, 1.165) is 24.7 Å². The lowest BCUT2D eigenvalue weighted by atomic mass is 9.96. The minimum absolute atomic E-state index is 0.765. The summed E-state index contributed by atoms with van der Waals surface area (Å²) in [5.41, 5.74) is 1.07. The molecule has 21 heavy (non-hydrogen) atoms. The normalized spacial score (nSPS) is 17.7. The van der Waals surface area contributed by atoms with E-state index >= 15 is 0 Å². The third-order valence-corrected chi connectivity index (χ3v) is 4.29. The average molecular weight is 293 g/mol. The topological polar surface area (TPSA) is 37.2 Å². The molecule has 0 atom stereocenters. The Bertz CT molecular complexity index is 393. The van der Waals surface area contributed by atoms with Crippen molar-refractivity contribution in [3.8, 4) is 0 Å². The van der Waals surface area contributed by atoms with Gasteiger partial charge < -0.3 is 9.80 Å². The maximum absolute atomic E-state index is 4.27. The molecule has 0 aliphatic carbocycles. The Labute approximate surface area is 129 Å². The molecule has 0 spiro atoms. The number of aromatic nitrogens is 3. The zero-order valence-electron chi connectivity index (χ0n) is 14.0. The van der Waals surface area contributed by atoms with E-state index in [2.05, 4.69) is 47.3 Å². The highest BCUT2D eigenvalue weighted by atomic mass is 15.4. The van der Waals surface area contributed by atoms with Crippen molar-refractivity contribution in [2.75, 3.05) is 33.7 Å². The second-order valence-electron chi connectivity index (χ2n) is 6.66. The fraction of sp³-hybridized carbons (Fsp3) is 0.875. The summed E-state index contributed by atoms with van der Waals surface area (Å²) in [5.74, 6) is 0.765. The lowest BCUT2D eigenvalue weighted by molar-refractivity contribution is 0.168. The van der Waals surface area contributed by atoms with Gasteiger partial charge in [0.1, 0.15) is 0 Å². The molecule has 120 valence electrons. The molecule has 0 saturated carbocycles. The van der Waals surface area contributed by atoms with Gasteiger partial charge in [0.25, 0.3) is 0 Å². The monoisotopic (exact) mass is 293 g/mol. The van der Waals surface area contributed by atoms with Crippen molar-refractivity contribution in [3.63, 3.8) is 0 Å². The second kappa shape index (κ2) is 8.49. The van der Waals surface area contributed by atoms with Gasteiger partial charge in [0.15, 0.2) is 0 Å². The number of rotatable bonds is 8. The summed E-state index contributed by atoms with van der Waals surface area (Å²) >= 11 is 0. The molecule has 0 amide bonds. The molecule has 0 aromatic carbocycles. The second-order valence-corrected chi connectivity index (χ2v) is 6.66. The van der Waals surface area contributed by atoms with E-state index in [1.54, 1.807) is 0 Å². The summed E-state index contributed by atoms with van der Waals surface area (Å²) in [4.78, 5) is 4.76. The van der Waals surface area contributed by atoms with Gasteiger partial charge in [-0.25, -0.2) is 0 Å². The molecule has 1 fully saturated rings. The molecular formula is C16H31N5. The molecule has 0 N–H and O–H groups in total. The molecule has 2 rings (SSSR count). The fourth-order valence-electron chi connectivity index (χ4n) is 3.07. The number of piperidine rings is 1. The first-order valence-corrected chi connectivity index (χ1v) is 8.43. The van der Waals surface area contributed by atoms with Crippen molar-refractivity contribution >= 4 is 0 Å². The van der Waals surface area contributed by atoms with Crippen molar-refractivity contribution in [2.45, 2.75) is 52.1 Å². The van der Waals surface area contributed by atoms with Crippen molar-refractivity contribution < 1.29 is 0 Å². The van der Waals surface area contributed by atoms with Gasteiger partial charge >= 0.3 is 0 Å². The van der Waals surface area contributed by atoms with Crippen molar-refractivity contribution in [1.82, 2.24) is 24.8 Å². The third kappa shape index (κ3) is 5.75. The predicted octanol–water partition coefficient (Wildman–Crippen LogP) is 2.24. The molecule has 1 aliphatic heterocycles. The van der Waals surface area contributed by atoms with Crippen LogP contribution in [0.15, 0.2) is 6.20 Å². The first-order chi connectivity index (χ1) is 10.2. The van der Waals surface area contributed by atoms with Crippen LogP contribution in [0.5, 0.6) is 0 Å². The largest absolute Gasteiger partial charge is 0.303 e. The summed E-state index contributed by atoms with van der Waals surface area (Å²) in [5, 5.41) is 8.52. The lowest BCUT2D eigenvalue weighted by Gasteiger charge is -2.31. The summed E-state index contributed by atoms with van der Waals surface area (Å²) in [6.07, 6.45) is 8.75. The maximum Gasteiger partial charge on any atom is 0.0966 e. The zero-order chi connectivity index (χ0) is 15.1. The van der Waals surface area contributed by atoms with Crippen LogP contribution in [0.4, 0.5) is 0 Å². The number of likely N-dealkylation sites (tertiary alicyclic amines) is 1. The Morgan fingerprint density at radius 2 is 2.00 bits per heavy atom. The van der Waals surface area contributed by atoms with Crippen LogP contribution in [-0.4, -0.2) is 58.5 Å². The summed E-state index contributed by atoms with van der Waals surface area (Å²) < 4.78 is 2.04. The molecule has 1 saturated heterocycles. The lowest BCUT2D eigenvalue weighted by Crippen LogP contribution is -2.35. The predicted molar refractivity (Wildman–Crippen MR) is 86.1 cm³/mol. The van der Waals surface area contributed by atoms with Gasteiger partial charge in [0.2, 0.25) is 0 Å². The smallest absolute Gasteiger partial charge is 0.0966 e. The molecule has 2 heterocycles. The highest BCUT2D eigenvalue weighted by Gasteiger charge is 2.19. The van der Waals surface area contributed by atoms with Gasteiger partial charge in [-0.15, -0.1) is 5.10 Å². The first-order valence-electron chi connectivity index (χ1n) is 8.43. The third-order valence-electron chi connectivity index (χ3n) is 4.29. The van der Waals surface area contributed by atoms with Crippen LogP contribution in [0.2, 0.25) is 0 Å². The van der Waals surface area contributed by atoms with E-state index in [4.69, 9.17) is 0 Å². The van der Waals surface area contributed by atoms with Crippen LogP contribution >= 0.6 is 0 Å². The van der Waals surface area contributed by atoms with Gasteiger partial charge in [0.05, 0.1) is 5.69 Å². The minimum atomic E-state index is 0.765. The van der Waals surface area contributed by atoms with E-state index in [1.165, 1.54) is 51.7 Å². The maximum atomic E-state index is 4.27. The van der Waals surface area contributed by atoms with Crippen LogP contribution in [0.1, 0.15) is 44.7 Å². The standard InChI is InChI=1S/C16H31N5/c1-4-5-6-9-20-10-7-15(8-11-20)12-21-14-16(17-18-21)13-19(2)3/h14-15H,4-13H2,1-3H3. The average Bonchev–Trinajstić information content (AvgIpc) is 2.87. The molecular weight excluding hydrogens is 262 g/mol. The molecule has 5 nitrogen and oxygen atoms in total. The fourth-order valence-corrected chi connectivity index (χ4v) is 3.07. The van der Waals surface area contributed by atoms with Crippen molar-refractivity contribution in [1.29, 1.82) is 0 Å². The van der Waals surface area contributed by atoms with E-state index in [9.17, 15) is 0 Å². The summed E-state index contributed by atoms with van der Waals surface area (Å²) in [6.45, 7) is 7.98. The quantitative estimate of drug-likeness (QED) is 0.689. The van der Waals surface area contributed by atoms with E-state index < -0.39 is 0 Å². The van der Waals surface area contributed by atoms with Gasteiger partial charge in [-0.05, 0) is 58.9 Å². The summed E-state index contributed by atoms with van der Waals surface area (Å²) in [7, 11) is 4.13. The van der Waals surface area contributed by atoms with Crippen molar-refractivity contribution in [3.05, 3.63) is 11.9 Å². The zero-order valence-corrected chi connectivity index (χ0v) is 14.0. The van der Waals surface area contributed by atoms with E-state index in [1.807, 2.05) is 4.68 Å². The Morgan fingerprint density at radius 1 is 1.24 bits per heavy atom.